The van der Waals surface area contributed by atoms with Crippen molar-refractivity contribution in [2.24, 2.45) is 5.41 Å². The standard InChI is InChI=1S/C25H36N2O4/c1-5-25(14-9-17-28)13-8-15-26(22(25)29)16-12-19-18-27(23(30)31-24(2,3)4)21-11-7-6-10-20(19)21/h6-7,10-11,18,28H,5,8-9,12-17H2,1-4H3/t25-/m0/s1. The number of hydrogen-bond donors (Lipinski definition) is 1. The number of aliphatic hydroxyl groups excluding tert-OH is 1. The Kier molecular flexibility index (Phi) is 7.10. The van der Waals surface area contributed by atoms with Gasteiger partial charge >= 0.3 is 6.09 Å². The van der Waals surface area contributed by atoms with Crippen LogP contribution in [0, 0.1) is 5.41 Å². The molecule has 1 aliphatic heterocycles. The molecule has 1 amide bonds. The Morgan fingerprint density at radius 1 is 1.26 bits per heavy atom. The lowest BCUT2D eigenvalue weighted by Crippen LogP contribution is -2.49. The van der Waals surface area contributed by atoms with E-state index in [1.807, 2.05) is 56.1 Å². The molecule has 0 spiro atoms. The van der Waals surface area contributed by atoms with Gasteiger partial charge in [0.05, 0.1) is 5.52 Å². The molecule has 1 aromatic carbocycles. The van der Waals surface area contributed by atoms with E-state index in [1.165, 1.54) is 0 Å². The average molecular weight is 429 g/mol. The van der Waals surface area contributed by atoms with Crippen LogP contribution in [-0.4, -0.2) is 51.9 Å². The fourth-order valence-electron chi connectivity index (χ4n) is 4.69. The van der Waals surface area contributed by atoms with Gasteiger partial charge in [0.1, 0.15) is 5.60 Å². The van der Waals surface area contributed by atoms with Crippen molar-refractivity contribution >= 4 is 22.9 Å². The van der Waals surface area contributed by atoms with E-state index in [0.717, 1.165) is 48.7 Å². The highest BCUT2D eigenvalue weighted by molar-refractivity contribution is 5.92. The molecule has 0 radical (unpaired) electrons. The summed E-state index contributed by atoms with van der Waals surface area (Å²) >= 11 is 0. The molecule has 2 aromatic rings. The lowest BCUT2D eigenvalue weighted by Gasteiger charge is -2.41. The summed E-state index contributed by atoms with van der Waals surface area (Å²) in [6, 6.07) is 7.82. The first-order valence-electron chi connectivity index (χ1n) is 11.4. The maximum absolute atomic E-state index is 13.3. The molecule has 1 aliphatic rings. The quantitative estimate of drug-likeness (QED) is 0.690. The van der Waals surface area contributed by atoms with E-state index >= 15 is 0 Å². The summed E-state index contributed by atoms with van der Waals surface area (Å²) in [5, 5.41) is 10.3. The molecule has 1 aromatic heterocycles. The lowest BCUT2D eigenvalue weighted by molar-refractivity contribution is -0.147. The van der Waals surface area contributed by atoms with Gasteiger partial charge in [-0.15, -0.1) is 0 Å². The predicted molar refractivity (Wildman–Crippen MR) is 122 cm³/mol. The molecular weight excluding hydrogens is 392 g/mol. The Labute approximate surface area is 185 Å². The lowest BCUT2D eigenvalue weighted by atomic mass is 9.73. The second-order valence-corrected chi connectivity index (χ2v) is 9.63. The van der Waals surface area contributed by atoms with Crippen molar-refractivity contribution < 1.29 is 19.4 Å². The van der Waals surface area contributed by atoms with Crippen LogP contribution < -0.4 is 0 Å². The van der Waals surface area contributed by atoms with Crippen molar-refractivity contribution in [1.82, 2.24) is 9.47 Å². The molecule has 1 fully saturated rings. The molecule has 31 heavy (non-hydrogen) atoms. The third-order valence-electron chi connectivity index (χ3n) is 6.35. The maximum Gasteiger partial charge on any atom is 0.419 e. The number of carbonyl (C=O) groups is 2. The van der Waals surface area contributed by atoms with Gasteiger partial charge in [0, 0.05) is 36.7 Å². The van der Waals surface area contributed by atoms with E-state index in [0.29, 0.717) is 19.4 Å². The number of likely N-dealkylation sites (tertiary alicyclic amines) is 1. The molecular formula is C25H36N2O4. The van der Waals surface area contributed by atoms with Crippen molar-refractivity contribution in [3.05, 3.63) is 36.0 Å². The zero-order valence-electron chi connectivity index (χ0n) is 19.3. The molecule has 6 heteroatoms. The summed E-state index contributed by atoms with van der Waals surface area (Å²) in [5.41, 5.74) is 0.951. The summed E-state index contributed by atoms with van der Waals surface area (Å²) in [6.45, 7) is 9.17. The van der Waals surface area contributed by atoms with Crippen LogP contribution in [0.15, 0.2) is 30.5 Å². The summed E-state index contributed by atoms with van der Waals surface area (Å²) in [5.74, 6) is 0.214. The monoisotopic (exact) mass is 428 g/mol. The van der Waals surface area contributed by atoms with Crippen LogP contribution in [0.1, 0.15) is 65.4 Å². The van der Waals surface area contributed by atoms with Crippen LogP contribution in [0.2, 0.25) is 0 Å². The molecule has 0 bridgehead atoms. The van der Waals surface area contributed by atoms with Crippen LogP contribution in [0.5, 0.6) is 0 Å². The molecule has 0 saturated carbocycles. The first kappa shape index (κ1) is 23.3. The third kappa shape index (κ3) is 5.12. The van der Waals surface area contributed by atoms with Gasteiger partial charge in [-0.3, -0.25) is 9.36 Å². The predicted octanol–water partition coefficient (Wildman–Crippen LogP) is 4.76. The van der Waals surface area contributed by atoms with E-state index in [-0.39, 0.29) is 17.9 Å². The summed E-state index contributed by atoms with van der Waals surface area (Å²) in [6.07, 6.45) is 6.25. The van der Waals surface area contributed by atoms with Crippen LogP contribution in [0.3, 0.4) is 0 Å². The number of nitrogens with zero attached hydrogens (tertiary/aromatic N) is 2. The summed E-state index contributed by atoms with van der Waals surface area (Å²) < 4.78 is 7.15. The summed E-state index contributed by atoms with van der Waals surface area (Å²) in [4.78, 5) is 28.0. The second-order valence-electron chi connectivity index (χ2n) is 9.63. The number of amides is 1. The normalized spacial score (nSPS) is 19.8. The second kappa shape index (κ2) is 9.43. The number of hydrogen-bond acceptors (Lipinski definition) is 4. The number of benzene rings is 1. The van der Waals surface area contributed by atoms with Crippen molar-refractivity contribution in [3.8, 4) is 0 Å². The maximum atomic E-state index is 13.3. The van der Waals surface area contributed by atoms with Crippen LogP contribution >= 0.6 is 0 Å². The summed E-state index contributed by atoms with van der Waals surface area (Å²) in [7, 11) is 0. The first-order chi connectivity index (χ1) is 14.7. The number of carbonyl (C=O) groups excluding carboxylic acids is 2. The van der Waals surface area contributed by atoms with Gasteiger partial charge < -0.3 is 14.7 Å². The van der Waals surface area contributed by atoms with Gasteiger partial charge in [-0.2, -0.15) is 0 Å². The number of rotatable bonds is 7. The fourth-order valence-corrected chi connectivity index (χ4v) is 4.69. The van der Waals surface area contributed by atoms with Gasteiger partial charge in [0.2, 0.25) is 5.91 Å². The number of aliphatic hydroxyl groups is 1. The highest BCUT2D eigenvalue weighted by Crippen LogP contribution is 2.39. The van der Waals surface area contributed by atoms with Gasteiger partial charge in [0.25, 0.3) is 0 Å². The number of fused-ring (bicyclic) bond motifs is 1. The van der Waals surface area contributed by atoms with Crippen LogP contribution in [0.4, 0.5) is 4.79 Å². The van der Waals surface area contributed by atoms with Crippen molar-refractivity contribution in [1.29, 1.82) is 0 Å². The van der Waals surface area contributed by atoms with Crippen LogP contribution in [0.25, 0.3) is 10.9 Å². The highest BCUT2D eigenvalue weighted by Gasteiger charge is 2.41. The van der Waals surface area contributed by atoms with Gasteiger partial charge in [0.15, 0.2) is 0 Å². The first-order valence-corrected chi connectivity index (χ1v) is 11.4. The molecule has 1 N–H and O–H groups in total. The fraction of sp³-hybridized carbons (Fsp3) is 0.600. The Morgan fingerprint density at radius 3 is 2.68 bits per heavy atom. The molecule has 1 atom stereocenters. The van der Waals surface area contributed by atoms with Gasteiger partial charge in [-0.05, 0) is 70.9 Å². The minimum Gasteiger partial charge on any atom is -0.443 e. The van der Waals surface area contributed by atoms with E-state index < -0.39 is 11.7 Å². The van der Waals surface area contributed by atoms with E-state index in [1.54, 1.807) is 4.57 Å². The molecule has 3 rings (SSSR count). The highest BCUT2D eigenvalue weighted by atomic mass is 16.6. The largest absolute Gasteiger partial charge is 0.443 e. The minimum atomic E-state index is -0.569. The number of piperidine rings is 1. The SMILES string of the molecule is CC[C@@]1(CCCO)CCCN(CCc2cn(C(=O)OC(C)(C)C)c3ccccc23)C1=O. The smallest absolute Gasteiger partial charge is 0.419 e. The van der Waals surface area contributed by atoms with Gasteiger partial charge in [-0.1, -0.05) is 25.1 Å². The van der Waals surface area contributed by atoms with E-state index in [4.69, 9.17) is 4.74 Å². The van der Waals surface area contributed by atoms with E-state index in [9.17, 15) is 14.7 Å². The van der Waals surface area contributed by atoms with Crippen molar-refractivity contribution in [3.63, 3.8) is 0 Å². The number of ether oxygens (including phenoxy) is 1. The van der Waals surface area contributed by atoms with Crippen LogP contribution in [-0.2, 0) is 16.0 Å². The van der Waals surface area contributed by atoms with Crippen molar-refractivity contribution in [2.75, 3.05) is 19.7 Å². The molecule has 1 saturated heterocycles. The molecule has 2 heterocycles. The molecule has 0 unspecified atom stereocenters. The number of aromatic nitrogens is 1. The minimum absolute atomic E-state index is 0.124. The molecule has 0 aliphatic carbocycles. The Balaban J connectivity index is 1.79. The molecule has 6 nitrogen and oxygen atoms in total. The number of para-hydroxylation sites is 1. The average Bonchev–Trinajstić information content (AvgIpc) is 3.10. The third-order valence-corrected chi connectivity index (χ3v) is 6.35. The Hall–Kier alpha value is -2.34. The molecule has 170 valence electrons. The topological polar surface area (TPSA) is 71.8 Å². The van der Waals surface area contributed by atoms with E-state index in [2.05, 4.69) is 6.92 Å². The zero-order valence-corrected chi connectivity index (χ0v) is 19.3. The Bertz CT molecular complexity index is 927. The van der Waals surface area contributed by atoms with Gasteiger partial charge in [-0.25, -0.2) is 4.79 Å². The Morgan fingerprint density at radius 2 is 2.00 bits per heavy atom. The zero-order chi connectivity index (χ0) is 22.6. The van der Waals surface area contributed by atoms with Crippen molar-refractivity contribution in [2.45, 2.75) is 71.8 Å².